The van der Waals surface area contributed by atoms with Crippen molar-refractivity contribution in [2.45, 2.75) is 11.4 Å². The largest absolute Gasteiger partial charge is 0.507 e. The Morgan fingerprint density at radius 1 is 1.00 bits per heavy atom. The first kappa shape index (κ1) is 26.9. The normalized spacial score (nSPS) is 16.8. The number of carboxylic acid groups (broad SMARTS) is 1. The van der Waals surface area contributed by atoms with Crippen LogP contribution < -0.4 is 4.74 Å². The Morgan fingerprint density at radius 3 is 2.41 bits per heavy atom. The van der Waals surface area contributed by atoms with Crippen LogP contribution in [0.2, 0.25) is 5.02 Å². The summed E-state index contributed by atoms with van der Waals surface area (Å²) >= 11 is 5.95. The molecular weight excluding hydrogens is 570 g/mol. The van der Waals surface area contributed by atoms with E-state index in [-0.39, 0.29) is 34.3 Å². The molecule has 0 atom stereocenters. The molecule has 1 saturated heterocycles. The van der Waals surface area contributed by atoms with Gasteiger partial charge in [-0.05, 0) is 48.5 Å². The van der Waals surface area contributed by atoms with Crippen LogP contribution in [-0.2, 0) is 16.6 Å². The molecule has 10 nitrogen and oxygen atoms in total. The predicted molar refractivity (Wildman–Crippen MR) is 152 cm³/mol. The number of piperazine rings is 1. The van der Waals surface area contributed by atoms with E-state index >= 15 is 0 Å². The van der Waals surface area contributed by atoms with Crippen LogP contribution in [-0.4, -0.2) is 70.5 Å². The average molecular weight is 594 g/mol. The standard InChI is InChI=1S/C29H24ClN3O7S/c30-19-5-7-20(8-6-19)41(38,39)33-16-18(21-3-1-2-4-24(21)33)15-26-27(35)22-9-10-25(34)23(28(22)40-26)17-31-11-13-32(14-12-31)29(36)37/h1-10,15-16,34H,11-14,17H2,(H,36,37)/b26-15-. The molecule has 3 heterocycles. The van der Waals surface area contributed by atoms with E-state index in [1.165, 1.54) is 57.5 Å². The number of amides is 1. The summed E-state index contributed by atoms with van der Waals surface area (Å²) in [6.45, 7) is 1.86. The minimum absolute atomic E-state index is 0.00524. The molecule has 0 radical (unpaired) electrons. The van der Waals surface area contributed by atoms with Gasteiger partial charge in [0.25, 0.3) is 10.0 Å². The number of nitrogens with zero attached hydrogens (tertiary/aromatic N) is 3. The SMILES string of the molecule is O=C1/C(=C/c2cn(S(=O)(=O)c3ccc(Cl)cc3)c3ccccc23)Oc2c1ccc(O)c2CN1CCN(C(=O)O)CC1. The van der Waals surface area contributed by atoms with Gasteiger partial charge >= 0.3 is 6.09 Å². The molecule has 2 aliphatic heterocycles. The lowest BCUT2D eigenvalue weighted by Gasteiger charge is -2.33. The number of fused-ring (bicyclic) bond motifs is 2. The quantitative estimate of drug-likeness (QED) is 0.320. The van der Waals surface area contributed by atoms with Crippen LogP contribution in [0.25, 0.3) is 17.0 Å². The monoisotopic (exact) mass is 593 g/mol. The van der Waals surface area contributed by atoms with E-state index in [4.69, 9.17) is 16.3 Å². The van der Waals surface area contributed by atoms with Crippen molar-refractivity contribution >= 4 is 50.5 Å². The van der Waals surface area contributed by atoms with Gasteiger partial charge in [-0.3, -0.25) is 9.69 Å². The lowest BCUT2D eigenvalue weighted by atomic mass is 10.0. The van der Waals surface area contributed by atoms with Gasteiger partial charge in [0.1, 0.15) is 11.5 Å². The Balaban J connectivity index is 1.34. The summed E-state index contributed by atoms with van der Waals surface area (Å²) in [5.74, 6) is -0.202. The molecule has 4 aromatic rings. The Hall–Kier alpha value is -4.32. The van der Waals surface area contributed by atoms with E-state index in [1.54, 1.807) is 24.3 Å². The highest BCUT2D eigenvalue weighted by Crippen LogP contribution is 2.41. The number of hydrogen-bond acceptors (Lipinski definition) is 7. The maximum absolute atomic E-state index is 13.5. The number of Topliss-reactive ketones (excluding diaryl/α,β-unsaturated/α-hetero) is 1. The smallest absolute Gasteiger partial charge is 0.407 e. The van der Waals surface area contributed by atoms with Crippen LogP contribution in [0, 0.1) is 0 Å². The van der Waals surface area contributed by atoms with Crippen LogP contribution in [0.3, 0.4) is 0 Å². The van der Waals surface area contributed by atoms with E-state index in [0.29, 0.717) is 53.2 Å². The minimum atomic E-state index is -3.98. The fraction of sp³-hybridized carbons (Fsp3) is 0.172. The summed E-state index contributed by atoms with van der Waals surface area (Å²) in [5.41, 5.74) is 1.60. The summed E-state index contributed by atoms with van der Waals surface area (Å²) in [6.07, 6.45) is 1.98. The van der Waals surface area contributed by atoms with Crippen LogP contribution in [0.15, 0.2) is 77.5 Å². The minimum Gasteiger partial charge on any atom is -0.507 e. The van der Waals surface area contributed by atoms with Crippen molar-refractivity contribution < 1.29 is 33.0 Å². The molecule has 3 aromatic carbocycles. The molecule has 1 amide bonds. The zero-order valence-corrected chi connectivity index (χ0v) is 23.1. The summed E-state index contributed by atoms with van der Waals surface area (Å²) in [6, 6.07) is 15.7. The molecule has 41 heavy (non-hydrogen) atoms. The molecule has 0 unspecified atom stereocenters. The predicted octanol–water partition coefficient (Wildman–Crippen LogP) is 4.65. The molecule has 0 spiro atoms. The van der Waals surface area contributed by atoms with Gasteiger partial charge in [0.05, 0.1) is 21.5 Å². The fourth-order valence-corrected chi connectivity index (χ4v) is 6.62. The molecular formula is C29H24ClN3O7S. The van der Waals surface area contributed by atoms with Gasteiger partial charge in [0.15, 0.2) is 5.76 Å². The molecule has 0 aliphatic carbocycles. The summed E-state index contributed by atoms with van der Waals surface area (Å²) in [7, 11) is -3.98. The topological polar surface area (TPSA) is 129 Å². The number of benzene rings is 3. The maximum atomic E-state index is 13.5. The van der Waals surface area contributed by atoms with Gasteiger partial charge in [-0.25, -0.2) is 17.2 Å². The zero-order chi connectivity index (χ0) is 28.9. The Labute approximate surface area is 240 Å². The van der Waals surface area contributed by atoms with E-state index in [1.807, 2.05) is 4.90 Å². The van der Waals surface area contributed by atoms with E-state index < -0.39 is 21.9 Å². The number of aromatic hydroxyl groups is 1. The number of phenols is 1. The highest BCUT2D eigenvalue weighted by atomic mass is 35.5. The molecule has 2 aliphatic rings. The highest BCUT2D eigenvalue weighted by Gasteiger charge is 2.33. The molecule has 2 N–H and O–H groups in total. The van der Waals surface area contributed by atoms with Gasteiger partial charge in [0.2, 0.25) is 5.78 Å². The first-order valence-electron chi connectivity index (χ1n) is 12.7. The molecule has 0 saturated carbocycles. The van der Waals surface area contributed by atoms with E-state index in [9.17, 15) is 28.2 Å². The Morgan fingerprint density at radius 2 is 1.71 bits per heavy atom. The summed E-state index contributed by atoms with van der Waals surface area (Å²) in [4.78, 5) is 28.0. The lowest BCUT2D eigenvalue weighted by Crippen LogP contribution is -2.47. The van der Waals surface area contributed by atoms with Crippen molar-refractivity contribution in [2.75, 3.05) is 26.2 Å². The van der Waals surface area contributed by atoms with Crippen molar-refractivity contribution in [3.05, 3.63) is 94.3 Å². The zero-order valence-electron chi connectivity index (χ0n) is 21.5. The Bertz CT molecular complexity index is 1840. The first-order valence-corrected chi connectivity index (χ1v) is 14.6. The first-order chi connectivity index (χ1) is 19.6. The average Bonchev–Trinajstić information content (AvgIpc) is 3.49. The number of phenolic OH excluding ortho intramolecular Hbond substituents is 1. The highest BCUT2D eigenvalue weighted by molar-refractivity contribution is 7.90. The lowest BCUT2D eigenvalue weighted by molar-refractivity contribution is 0.101. The van der Waals surface area contributed by atoms with Crippen LogP contribution in [0.4, 0.5) is 4.79 Å². The number of halogens is 1. The number of carbonyl (C=O) groups is 2. The second-order valence-electron chi connectivity index (χ2n) is 9.78. The Kier molecular flexibility index (Phi) is 6.72. The van der Waals surface area contributed by atoms with Gasteiger partial charge in [-0.1, -0.05) is 29.8 Å². The molecule has 1 aromatic heterocycles. The van der Waals surface area contributed by atoms with Gasteiger partial charge in [0, 0.05) is 54.9 Å². The van der Waals surface area contributed by atoms with Crippen LogP contribution in [0.1, 0.15) is 21.5 Å². The third kappa shape index (κ3) is 4.82. The number of aromatic nitrogens is 1. The van der Waals surface area contributed by atoms with E-state index in [2.05, 4.69) is 0 Å². The molecule has 12 heteroatoms. The van der Waals surface area contributed by atoms with Gasteiger partial charge < -0.3 is 19.8 Å². The van der Waals surface area contributed by atoms with Gasteiger partial charge in [-0.15, -0.1) is 0 Å². The number of para-hydroxylation sites is 1. The molecule has 0 bridgehead atoms. The van der Waals surface area contributed by atoms with Crippen molar-refractivity contribution in [3.8, 4) is 11.5 Å². The summed E-state index contributed by atoms with van der Waals surface area (Å²) in [5, 5.41) is 20.9. The second-order valence-corrected chi connectivity index (χ2v) is 12.0. The van der Waals surface area contributed by atoms with Crippen molar-refractivity contribution in [2.24, 2.45) is 0 Å². The fourth-order valence-electron chi connectivity index (χ4n) is 5.12. The summed E-state index contributed by atoms with van der Waals surface area (Å²) < 4.78 is 34.2. The van der Waals surface area contributed by atoms with Gasteiger partial charge in [-0.2, -0.15) is 0 Å². The van der Waals surface area contributed by atoms with Crippen LogP contribution in [0.5, 0.6) is 11.5 Å². The number of rotatable bonds is 5. The van der Waals surface area contributed by atoms with Crippen molar-refractivity contribution in [1.29, 1.82) is 0 Å². The van der Waals surface area contributed by atoms with Crippen molar-refractivity contribution in [3.63, 3.8) is 0 Å². The molecule has 6 rings (SSSR count). The number of carbonyl (C=O) groups excluding carboxylic acids is 1. The maximum Gasteiger partial charge on any atom is 0.407 e. The molecule has 210 valence electrons. The van der Waals surface area contributed by atoms with E-state index in [0.717, 1.165) is 0 Å². The number of ketones is 1. The van der Waals surface area contributed by atoms with Crippen LogP contribution >= 0.6 is 11.6 Å². The number of hydrogen-bond donors (Lipinski definition) is 2. The number of ether oxygens (including phenoxy) is 1. The second kappa shape index (κ2) is 10.3. The molecule has 1 fully saturated rings. The van der Waals surface area contributed by atoms with Crippen molar-refractivity contribution in [1.82, 2.24) is 13.8 Å². The third-order valence-corrected chi connectivity index (χ3v) is 9.25. The third-order valence-electron chi connectivity index (χ3n) is 7.31. The number of allylic oxidation sites excluding steroid dienone is 1.